The molecule has 2 N–H and O–H groups in total. The largest absolute Gasteiger partial charge is 0.508 e. The minimum absolute atomic E-state index is 0.0414. The van der Waals surface area contributed by atoms with Crippen LogP contribution in [0, 0.1) is 20.8 Å². The van der Waals surface area contributed by atoms with E-state index in [1.54, 1.807) is 32.9 Å². The van der Waals surface area contributed by atoms with Crippen LogP contribution in [0.2, 0.25) is 0 Å². The van der Waals surface area contributed by atoms with Gasteiger partial charge >= 0.3 is 0 Å². The molecule has 1 aromatic carbocycles. The molecule has 0 saturated carbocycles. The number of aryl methyl sites for hydroxylation is 3. The molecule has 0 spiro atoms. The number of thiazole rings is 1. The van der Waals surface area contributed by atoms with Gasteiger partial charge in [0, 0.05) is 0 Å². The van der Waals surface area contributed by atoms with Crippen molar-refractivity contribution in [3.05, 3.63) is 61.7 Å². The van der Waals surface area contributed by atoms with E-state index in [9.17, 15) is 19.8 Å². The summed E-state index contributed by atoms with van der Waals surface area (Å²) < 4.78 is 0. The molecule has 0 saturated heterocycles. The number of aromatic hydroxyl groups is 1. The zero-order valence-corrected chi connectivity index (χ0v) is 17.3. The summed E-state index contributed by atoms with van der Waals surface area (Å²) in [7, 11) is 0. The van der Waals surface area contributed by atoms with Gasteiger partial charge < -0.3 is 10.2 Å². The lowest BCUT2D eigenvalue weighted by molar-refractivity contribution is -0.117. The summed E-state index contributed by atoms with van der Waals surface area (Å²) >= 11 is 2.40. The van der Waals surface area contributed by atoms with Crippen molar-refractivity contribution in [1.82, 2.24) is 15.2 Å². The van der Waals surface area contributed by atoms with E-state index in [-0.39, 0.29) is 16.5 Å². The van der Waals surface area contributed by atoms with Crippen molar-refractivity contribution in [2.75, 3.05) is 4.90 Å². The van der Waals surface area contributed by atoms with Crippen LogP contribution in [-0.2, 0) is 4.79 Å². The van der Waals surface area contributed by atoms with E-state index in [0.29, 0.717) is 26.1 Å². The number of hydrogen-bond acceptors (Lipinski definition) is 9. The molecule has 10 heteroatoms. The Kier molecular flexibility index (Phi) is 4.67. The molecular formula is C19H16N4O4S2. The first-order valence-electron chi connectivity index (χ1n) is 8.62. The fourth-order valence-corrected chi connectivity index (χ4v) is 4.84. The summed E-state index contributed by atoms with van der Waals surface area (Å²) in [6.07, 6.45) is 0. The maximum atomic E-state index is 13.4. The number of aliphatic hydroxyl groups is 1. The number of rotatable bonds is 4. The third kappa shape index (κ3) is 3.19. The fourth-order valence-electron chi connectivity index (χ4n) is 3.25. The predicted molar refractivity (Wildman–Crippen MR) is 109 cm³/mol. The zero-order chi connectivity index (χ0) is 20.9. The van der Waals surface area contributed by atoms with Crippen LogP contribution < -0.4 is 4.90 Å². The molecule has 1 aliphatic heterocycles. The van der Waals surface area contributed by atoms with Gasteiger partial charge in [0.25, 0.3) is 5.91 Å². The Bertz CT molecular complexity index is 1160. The molecule has 0 bridgehead atoms. The summed E-state index contributed by atoms with van der Waals surface area (Å²) in [5.74, 6) is -1.75. The highest BCUT2D eigenvalue weighted by Crippen LogP contribution is 2.43. The van der Waals surface area contributed by atoms with Crippen molar-refractivity contribution >= 4 is 39.5 Å². The Hall–Kier alpha value is -3.11. The van der Waals surface area contributed by atoms with Gasteiger partial charge in [-0.2, -0.15) is 0 Å². The van der Waals surface area contributed by atoms with E-state index in [1.165, 1.54) is 39.7 Å². The van der Waals surface area contributed by atoms with Crippen LogP contribution in [-0.4, -0.2) is 37.1 Å². The number of aliphatic hydroxyl groups excluding tert-OH is 1. The number of Topliss-reactive ketones (excluding diaryl/α,β-unsaturated/α-hetero) is 1. The minimum Gasteiger partial charge on any atom is -0.508 e. The second kappa shape index (κ2) is 7.05. The lowest BCUT2D eigenvalue weighted by Gasteiger charge is -2.24. The van der Waals surface area contributed by atoms with Gasteiger partial charge in [0.05, 0.1) is 27.2 Å². The Morgan fingerprint density at radius 3 is 2.28 bits per heavy atom. The Balaban J connectivity index is 1.89. The van der Waals surface area contributed by atoms with E-state index in [4.69, 9.17) is 0 Å². The summed E-state index contributed by atoms with van der Waals surface area (Å²) in [5, 5.41) is 29.9. The molecule has 29 heavy (non-hydrogen) atoms. The zero-order valence-electron chi connectivity index (χ0n) is 15.7. The molecule has 0 radical (unpaired) electrons. The summed E-state index contributed by atoms with van der Waals surface area (Å²) in [5.41, 5.74) is 1.05. The molecular weight excluding hydrogens is 412 g/mol. The summed E-state index contributed by atoms with van der Waals surface area (Å²) in [6, 6.07) is 5.23. The van der Waals surface area contributed by atoms with Gasteiger partial charge in [-0.15, -0.1) is 21.5 Å². The molecule has 4 rings (SSSR count). The first-order valence-corrected chi connectivity index (χ1v) is 10.3. The molecule has 8 nitrogen and oxygen atoms in total. The van der Waals surface area contributed by atoms with Crippen LogP contribution in [0.4, 0.5) is 5.13 Å². The van der Waals surface area contributed by atoms with Crippen molar-refractivity contribution < 1.29 is 19.8 Å². The number of carbonyl (C=O) groups is 2. The molecule has 0 fully saturated rings. The highest BCUT2D eigenvalue weighted by molar-refractivity contribution is 7.15. The molecule has 148 valence electrons. The van der Waals surface area contributed by atoms with Crippen LogP contribution in [0.25, 0.3) is 0 Å². The van der Waals surface area contributed by atoms with Gasteiger partial charge in [-0.25, -0.2) is 4.98 Å². The van der Waals surface area contributed by atoms with Crippen molar-refractivity contribution in [2.24, 2.45) is 0 Å². The summed E-state index contributed by atoms with van der Waals surface area (Å²) in [6.45, 7) is 5.25. The van der Waals surface area contributed by atoms with Gasteiger partial charge in [-0.3, -0.25) is 14.5 Å². The Morgan fingerprint density at radius 2 is 1.72 bits per heavy atom. The van der Waals surface area contributed by atoms with Gasteiger partial charge in [0.2, 0.25) is 10.9 Å². The lowest BCUT2D eigenvalue weighted by atomic mass is 9.95. The van der Waals surface area contributed by atoms with Crippen molar-refractivity contribution in [2.45, 2.75) is 26.8 Å². The molecule has 1 atom stereocenters. The average Bonchev–Trinajstić information content (AvgIpc) is 3.32. The average molecular weight is 428 g/mol. The van der Waals surface area contributed by atoms with E-state index in [0.717, 1.165) is 0 Å². The van der Waals surface area contributed by atoms with E-state index < -0.39 is 23.5 Å². The monoisotopic (exact) mass is 428 g/mol. The highest BCUT2D eigenvalue weighted by atomic mass is 32.1. The lowest BCUT2D eigenvalue weighted by Crippen LogP contribution is -2.31. The maximum absolute atomic E-state index is 13.4. The second-order valence-electron chi connectivity index (χ2n) is 6.51. The Labute approximate surface area is 173 Å². The smallest absolute Gasteiger partial charge is 0.296 e. The number of ketones is 1. The first-order chi connectivity index (χ1) is 13.8. The maximum Gasteiger partial charge on any atom is 0.296 e. The SMILES string of the molecule is Cc1nnc(N2C(=O)C(O)=C(C(=O)c3sc(C)nc3C)C2c2ccc(O)cc2)s1. The van der Waals surface area contributed by atoms with Crippen LogP contribution in [0.1, 0.15) is 37.0 Å². The quantitative estimate of drug-likeness (QED) is 0.612. The van der Waals surface area contributed by atoms with Gasteiger partial charge in [0.1, 0.15) is 10.8 Å². The fraction of sp³-hybridized carbons (Fsp3) is 0.211. The number of carbonyl (C=O) groups excluding carboxylic acids is 2. The number of phenols is 1. The molecule has 1 aliphatic rings. The normalized spacial score (nSPS) is 16.7. The van der Waals surface area contributed by atoms with Crippen LogP contribution >= 0.6 is 22.7 Å². The number of hydrogen-bond donors (Lipinski definition) is 2. The number of nitrogens with zero attached hydrogens (tertiary/aromatic N) is 4. The van der Waals surface area contributed by atoms with Crippen LogP contribution in [0.3, 0.4) is 0 Å². The topological polar surface area (TPSA) is 117 Å². The van der Waals surface area contributed by atoms with Crippen molar-refractivity contribution in [1.29, 1.82) is 0 Å². The predicted octanol–water partition coefficient (Wildman–Crippen LogP) is 3.41. The molecule has 1 unspecified atom stereocenters. The molecule has 2 aromatic heterocycles. The van der Waals surface area contributed by atoms with E-state index in [1.807, 2.05) is 0 Å². The van der Waals surface area contributed by atoms with Crippen LogP contribution in [0.15, 0.2) is 35.6 Å². The third-order valence-electron chi connectivity index (χ3n) is 4.49. The van der Waals surface area contributed by atoms with Crippen LogP contribution in [0.5, 0.6) is 5.75 Å². The highest BCUT2D eigenvalue weighted by Gasteiger charge is 2.46. The molecule has 0 aliphatic carbocycles. The number of aromatic nitrogens is 3. The van der Waals surface area contributed by atoms with E-state index in [2.05, 4.69) is 15.2 Å². The van der Waals surface area contributed by atoms with Gasteiger partial charge in [0.15, 0.2) is 5.76 Å². The second-order valence-corrected chi connectivity index (χ2v) is 8.87. The minimum atomic E-state index is -0.898. The molecule has 3 heterocycles. The Morgan fingerprint density at radius 1 is 1.03 bits per heavy atom. The molecule has 3 aromatic rings. The van der Waals surface area contributed by atoms with Gasteiger partial charge in [-0.05, 0) is 38.5 Å². The number of amides is 1. The van der Waals surface area contributed by atoms with E-state index >= 15 is 0 Å². The van der Waals surface area contributed by atoms with Crippen molar-refractivity contribution in [3.8, 4) is 5.75 Å². The van der Waals surface area contributed by atoms with Crippen molar-refractivity contribution in [3.63, 3.8) is 0 Å². The summed E-state index contributed by atoms with van der Waals surface area (Å²) in [4.78, 5) is 32.2. The number of anilines is 1. The first kappa shape index (κ1) is 19.2. The number of phenolic OH excluding ortho intramolecular Hbond substituents is 1. The standard InChI is InChI=1S/C19H16N4O4S2/c1-8-17(28-9(2)20-8)15(25)13-14(11-4-6-12(24)7-5-11)23(18(27)16(13)26)19-22-21-10(3)29-19/h4-7,14,24,26H,1-3H3. The molecule has 1 amide bonds. The third-order valence-corrected chi connectivity index (χ3v) is 6.40. The number of benzene rings is 1. The van der Waals surface area contributed by atoms with Gasteiger partial charge in [-0.1, -0.05) is 23.5 Å².